The predicted molar refractivity (Wildman–Crippen MR) is 76.6 cm³/mol. The first-order chi connectivity index (χ1) is 10.3. The summed E-state index contributed by atoms with van der Waals surface area (Å²) in [4.78, 5) is 16.0. The number of fused-ring (bicyclic) bond motifs is 1. The van der Waals surface area contributed by atoms with Crippen molar-refractivity contribution in [3.05, 3.63) is 60.6 Å². The van der Waals surface area contributed by atoms with Gasteiger partial charge in [-0.2, -0.15) is 5.10 Å². The van der Waals surface area contributed by atoms with Crippen molar-refractivity contribution in [2.24, 2.45) is 0 Å². The first-order valence-corrected chi connectivity index (χ1v) is 6.54. The molecule has 1 aromatic carbocycles. The van der Waals surface area contributed by atoms with E-state index in [1.54, 1.807) is 34.8 Å². The normalized spacial score (nSPS) is 12.2. The molecule has 0 spiro atoms. The highest BCUT2D eigenvalue weighted by Crippen LogP contribution is 2.18. The number of nitrogens with one attached hydrogen (secondary N) is 1. The Kier molecular flexibility index (Phi) is 3.61. The van der Waals surface area contributed by atoms with Gasteiger partial charge in [-0.25, -0.2) is 5.48 Å². The summed E-state index contributed by atoms with van der Waals surface area (Å²) in [5.74, 6) is -0.500. The van der Waals surface area contributed by atoms with Crippen LogP contribution < -0.4 is 5.48 Å². The molecule has 3 aromatic rings. The van der Waals surface area contributed by atoms with Gasteiger partial charge in [-0.15, -0.1) is 0 Å². The highest BCUT2D eigenvalue weighted by molar-refractivity contribution is 5.81. The first-order valence-electron chi connectivity index (χ1n) is 6.54. The zero-order valence-corrected chi connectivity index (χ0v) is 11.2. The summed E-state index contributed by atoms with van der Waals surface area (Å²) in [6.45, 7) is 0. The van der Waals surface area contributed by atoms with Gasteiger partial charge in [-0.05, 0) is 11.6 Å². The lowest BCUT2D eigenvalue weighted by Crippen LogP contribution is -2.32. The molecule has 106 valence electrons. The average molecular weight is 282 g/mol. The third-order valence-electron chi connectivity index (χ3n) is 3.33. The van der Waals surface area contributed by atoms with Gasteiger partial charge in [0.2, 0.25) is 0 Å². The molecular weight excluding hydrogens is 268 g/mol. The molecule has 2 N–H and O–H groups in total. The monoisotopic (exact) mass is 282 g/mol. The molecule has 6 heteroatoms. The topological polar surface area (TPSA) is 80.0 Å². The highest BCUT2D eigenvalue weighted by atomic mass is 16.5. The summed E-state index contributed by atoms with van der Waals surface area (Å²) in [6.07, 6.45) is 5.53. The fraction of sp³-hybridized carbons (Fsp3) is 0.133. The van der Waals surface area contributed by atoms with Crippen molar-refractivity contribution >= 4 is 16.8 Å². The van der Waals surface area contributed by atoms with E-state index in [-0.39, 0.29) is 0 Å². The number of carbonyl (C=O) groups is 1. The number of aromatic nitrogens is 3. The minimum Gasteiger partial charge on any atom is -0.289 e. The number of hydrogen-bond donors (Lipinski definition) is 2. The number of hydroxylamine groups is 1. The van der Waals surface area contributed by atoms with Crippen molar-refractivity contribution < 1.29 is 10.0 Å². The van der Waals surface area contributed by atoms with Crippen LogP contribution >= 0.6 is 0 Å². The van der Waals surface area contributed by atoms with Crippen molar-refractivity contribution in [2.45, 2.75) is 12.5 Å². The molecule has 6 nitrogen and oxygen atoms in total. The molecule has 0 saturated carbocycles. The molecule has 1 atom stereocenters. The SMILES string of the molecule is O=C(NO)C(Cc1ccccc1)n1cc2cnccc2n1. The lowest BCUT2D eigenvalue weighted by molar-refractivity contribution is -0.132. The molecular formula is C15H14N4O2. The second-order valence-electron chi connectivity index (χ2n) is 4.73. The number of benzene rings is 1. The van der Waals surface area contributed by atoms with Crippen molar-refractivity contribution in [1.82, 2.24) is 20.2 Å². The van der Waals surface area contributed by atoms with Crippen molar-refractivity contribution in [1.29, 1.82) is 0 Å². The van der Waals surface area contributed by atoms with Crippen molar-refractivity contribution in [3.8, 4) is 0 Å². The smallest absolute Gasteiger partial charge is 0.268 e. The van der Waals surface area contributed by atoms with E-state index < -0.39 is 11.9 Å². The van der Waals surface area contributed by atoms with E-state index in [0.717, 1.165) is 16.5 Å². The Bertz CT molecular complexity index is 721. The summed E-state index contributed by atoms with van der Waals surface area (Å²) < 4.78 is 1.56. The van der Waals surface area contributed by atoms with Crippen LogP contribution in [0.5, 0.6) is 0 Å². The maximum absolute atomic E-state index is 12.0. The molecule has 0 fully saturated rings. The van der Waals surface area contributed by atoms with Crippen LogP contribution in [-0.2, 0) is 11.2 Å². The van der Waals surface area contributed by atoms with E-state index in [4.69, 9.17) is 5.21 Å². The molecule has 3 rings (SSSR count). The van der Waals surface area contributed by atoms with Crippen molar-refractivity contribution in [3.63, 3.8) is 0 Å². The van der Waals surface area contributed by atoms with Gasteiger partial charge in [0.1, 0.15) is 6.04 Å². The van der Waals surface area contributed by atoms with Gasteiger partial charge < -0.3 is 0 Å². The van der Waals surface area contributed by atoms with Gasteiger partial charge >= 0.3 is 0 Å². The number of rotatable bonds is 4. The third-order valence-corrected chi connectivity index (χ3v) is 3.33. The van der Waals surface area contributed by atoms with Crippen LogP contribution in [0, 0.1) is 0 Å². The third kappa shape index (κ3) is 2.75. The average Bonchev–Trinajstić information content (AvgIpc) is 2.96. The van der Waals surface area contributed by atoms with Crippen LogP contribution in [-0.4, -0.2) is 25.9 Å². The lowest BCUT2D eigenvalue weighted by Gasteiger charge is -2.15. The maximum Gasteiger partial charge on any atom is 0.268 e. The van der Waals surface area contributed by atoms with Crippen LogP contribution in [0.2, 0.25) is 0 Å². The quantitative estimate of drug-likeness (QED) is 0.564. The number of carbonyl (C=O) groups excluding carboxylic acids is 1. The number of amides is 1. The molecule has 21 heavy (non-hydrogen) atoms. The van der Waals surface area contributed by atoms with E-state index in [1.807, 2.05) is 30.3 Å². The zero-order valence-electron chi connectivity index (χ0n) is 11.2. The summed E-state index contributed by atoms with van der Waals surface area (Å²) in [5, 5.41) is 14.2. The van der Waals surface area contributed by atoms with E-state index >= 15 is 0 Å². The Hall–Kier alpha value is -2.73. The predicted octanol–water partition coefficient (Wildman–Crippen LogP) is 1.72. The maximum atomic E-state index is 12.0. The lowest BCUT2D eigenvalue weighted by atomic mass is 10.1. The summed E-state index contributed by atoms with van der Waals surface area (Å²) in [6, 6.07) is 10.8. The minimum absolute atomic E-state index is 0.439. The van der Waals surface area contributed by atoms with Gasteiger partial charge in [0.05, 0.1) is 5.52 Å². The molecule has 0 aliphatic rings. The Balaban J connectivity index is 1.97. The minimum atomic E-state index is -0.621. The van der Waals surface area contributed by atoms with Gasteiger partial charge in [0.15, 0.2) is 0 Å². The molecule has 0 radical (unpaired) electrons. The Morgan fingerprint density at radius 3 is 2.81 bits per heavy atom. The Morgan fingerprint density at radius 1 is 1.29 bits per heavy atom. The van der Waals surface area contributed by atoms with E-state index in [1.165, 1.54) is 0 Å². The van der Waals surface area contributed by atoms with Crippen LogP contribution in [0.3, 0.4) is 0 Å². The number of pyridine rings is 1. The molecule has 2 aromatic heterocycles. The van der Waals surface area contributed by atoms with Crippen LogP contribution in [0.1, 0.15) is 11.6 Å². The summed E-state index contributed by atoms with van der Waals surface area (Å²) >= 11 is 0. The second kappa shape index (κ2) is 5.72. The van der Waals surface area contributed by atoms with Crippen LogP contribution in [0.15, 0.2) is 55.0 Å². The molecule has 1 amide bonds. The molecule has 1 unspecified atom stereocenters. The van der Waals surface area contributed by atoms with Gasteiger partial charge in [-0.1, -0.05) is 30.3 Å². The largest absolute Gasteiger partial charge is 0.289 e. The van der Waals surface area contributed by atoms with Crippen molar-refractivity contribution in [2.75, 3.05) is 0 Å². The first kappa shape index (κ1) is 13.3. The number of nitrogens with zero attached hydrogens (tertiary/aromatic N) is 3. The van der Waals surface area contributed by atoms with Gasteiger partial charge in [0.25, 0.3) is 5.91 Å². The van der Waals surface area contributed by atoms with Crippen LogP contribution in [0.25, 0.3) is 10.9 Å². The molecule has 0 bridgehead atoms. The molecule has 0 aliphatic carbocycles. The Labute approximate surface area is 121 Å². The molecule has 0 aliphatic heterocycles. The standard InChI is InChI=1S/C15H14N4O2/c20-15(18-21)14(8-11-4-2-1-3-5-11)19-10-12-9-16-7-6-13(12)17-19/h1-7,9-10,14,21H,8H2,(H,18,20). The Morgan fingerprint density at radius 2 is 2.10 bits per heavy atom. The van der Waals surface area contributed by atoms with E-state index in [9.17, 15) is 4.79 Å². The van der Waals surface area contributed by atoms with E-state index in [0.29, 0.717) is 6.42 Å². The fourth-order valence-electron chi connectivity index (χ4n) is 2.26. The van der Waals surface area contributed by atoms with Gasteiger partial charge in [-0.3, -0.25) is 19.7 Å². The fourth-order valence-corrected chi connectivity index (χ4v) is 2.26. The molecule has 2 heterocycles. The van der Waals surface area contributed by atoms with Crippen LogP contribution in [0.4, 0.5) is 0 Å². The highest BCUT2D eigenvalue weighted by Gasteiger charge is 2.21. The summed E-state index contributed by atoms with van der Waals surface area (Å²) in [7, 11) is 0. The zero-order chi connectivity index (χ0) is 14.7. The van der Waals surface area contributed by atoms with Gasteiger partial charge in [0, 0.05) is 30.4 Å². The molecule has 0 saturated heterocycles. The number of hydrogen-bond acceptors (Lipinski definition) is 4. The summed E-state index contributed by atoms with van der Waals surface area (Å²) in [5.41, 5.74) is 3.46. The second-order valence-corrected chi connectivity index (χ2v) is 4.73. The van der Waals surface area contributed by atoms with E-state index in [2.05, 4.69) is 10.1 Å².